The van der Waals surface area contributed by atoms with Crippen LogP contribution in [0.4, 0.5) is 0 Å². The maximum Gasteiger partial charge on any atom is 0.0248 e. The van der Waals surface area contributed by atoms with Gasteiger partial charge in [0, 0.05) is 32.2 Å². The van der Waals surface area contributed by atoms with E-state index in [-0.39, 0.29) is 0 Å². The van der Waals surface area contributed by atoms with Gasteiger partial charge in [0.1, 0.15) is 0 Å². The van der Waals surface area contributed by atoms with Gasteiger partial charge in [-0.3, -0.25) is 4.90 Å². The van der Waals surface area contributed by atoms with Crippen molar-refractivity contribution in [3.8, 4) is 0 Å². The van der Waals surface area contributed by atoms with Crippen LogP contribution in [0.1, 0.15) is 6.92 Å². The van der Waals surface area contributed by atoms with Gasteiger partial charge in [0.15, 0.2) is 0 Å². The van der Waals surface area contributed by atoms with Crippen molar-refractivity contribution in [2.75, 3.05) is 33.2 Å². The molecule has 1 rings (SSSR count). The molecule has 1 saturated heterocycles. The zero-order valence-electron chi connectivity index (χ0n) is 7.58. The number of hydrogen-bond acceptors (Lipinski definition) is 2. The lowest BCUT2D eigenvalue weighted by molar-refractivity contribution is 0.136. The first kappa shape index (κ1) is 8.75. The second kappa shape index (κ2) is 3.88. The van der Waals surface area contributed by atoms with Gasteiger partial charge >= 0.3 is 0 Å². The average molecular weight is 154 g/mol. The Bertz CT molecular complexity index is 126. The Labute approximate surface area is 69.5 Å². The highest BCUT2D eigenvalue weighted by atomic mass is 15.3. The largest absolute Gasteiger partial charge is 0.304 e. The molecule has 0 aromatic rings. The summed E-state index contributed by atoms with van der Waals surface area (Å²) >= 11 is 0. The van der Waals surface area contributed by atoms with E-state index in [0.29, 0.717) is 6.04 Å². The third-order valence-electron chi connectivity index (χ3n) is 2.45. The van der Waals surface area contributed by atoms with Crippen molar-refractivity contribution in [3.63, 3.8) is 0 Å². The van der Waals surface area contributed by atoms with Gasteiger partial charge < -0.3 is 4.90 Å². The van der Waals surface area contributed by atoms with E-state index in [1.54, 1.807) is 0 Å². The summed E-state index contributed by atoms with van der Waals surface area (Å²) in [5, 5.41) is 0. The Morgan fingerprint density at radius 1 is 1.27 bits per heavy atom. The van der Waals surface area contributed by atoms with Gasteiger partial charge in [0.2, 0.25) is 0 Å². The predicted octanol–water partition coefficient (Wildman–Crippen LogP) is 0.808. The number of hydrogen-bond donors (Lipinski definition) is 0. The van der Waals surface area contributed by atoms with Crippen molar-refractivity contribution in [1.82, 2.24) is 9.80 Å². The lowest BCUT2D eigenvalue weighted by Crippen LogP contribution is -2.47. The standard InChI is InChI=1S/C9H18N2/c1-4-9(2)11-7-5-10(3)6-8-11/h4,9H,1,5-8H2,2-3H3. The first-order valence-electron chi connectivity index (χ1n) is 4.29. The van der Waals surface area contributed by atoms with E-state index in [1.165, 1.54) is 26.2 Å². The molecule has 1 atom stereocenters. The fraction of sp³-hybridized carbons (Fsp3) is 0.778. The monoisotopic (exact) mass is 154 g/mol. The first-order valence-corrected chi connectivity index (χ1v) is 4.29. The van der Waals surface area contributed by atoms with Gasteiger partial charge in [-0.05, 0) is 14.0 Å². The lowest BCUT2D eigenvalue weighted by Gasteiger charge is -2.35. The summed E-state index contributed by atoms with van der Waals surface area (Å²) in [4.78, 5) is 4.83. The van der Waals surface area contributed by atoms with Crippen LogP contribution in [0.15, 0.2) is 12.7 Å². The van der Waals surface area contributed by atoms with Crippen LogP contribution in [-0.2, 0) is 0 Å². The Kier molecular flexibility index (Phi) is 3.09. The summed E-state index contributed by atoms with van der Waals surface area (Å²) < 4.78 is 0. The summed E-state index contributed by atoms with van der Waals surface area (Å²) in [5.74, 6) is 0. The maximum atomic E-state index is 3.80. The summed E-state index contributed by atoms with van der Waals surface area (Å²) in [6.07, 6.45) is 2.02. The normalized spacial score (nSPS) is 24.9. The highest BCUT2D eigenvalue weighted by Gasteiger charge is 2.16. The van der Waals surface area contributed by atoms with Crippen molar-refractivity contribution in [1.29, 1.82) is 0 Å². The molecule has 0 N–H and O–H groups in total. The highest BCUT2D eigenvalue weighted by Crippen LogP contribution is 2.04. The minimum Gasteiger partial charge on any atom is -0.304 e. The van der Waals surface area contributed by atoms with Crippen LogP contribution in [0.25, 0.3) is 0 Å². The fourth-order valence-corrected chi connectivity index (χ4v) is 1.38. The van der Waals surface area contributed by atoms with Crippen molar-refractivity contribution in [2.24, 2.45) is 0 Å². The summed E-state index contributed by atoms with van der Waals surface area (Å²) in [6.45, 7) is 10.8. The van der Waals surface area contributed by atoms with Gasteiger partial charge in [0.25, 0.3) is 0 Å². The lowest BCUT2D eigenvalue weighted by atomic mass is 10.2. The van der Waals surface area contributed by atoms with Gasteiger partial charge in [-0.25, -0.2) is 0 Å². The number of piperazine rings is 1. The number of likely N-dealkylation sites (N-methyl/N-ethyl adjacent to an activating group) is 1. The zero-order valence-corrected chi connectivity index (χ0v) is 7.58. The molecule has 64 valence electrons. The Morgan fingerprint density at radius 3 is 2.27 bits per heavy atom. The Balaban J connectivity index is 2.32. The van der Waals surface area contributed by atoms with Crippen LogP contribution >= 0.6 is 0 Å². The van der Waals surface area contributed by atoms with Crippen LogP contribution in [0.3, 0.4) is 0 Å². The molecule has 0 aliphatic carbocycles. The van der Waals surface area contributed by atoms with Gasteiger partial charge in [-0.1, -0.05) is 6.08 Å². The summed E-state index contributed by atoms with van der Waals surface area (Å²) in [7, 11) is 2.18. The molecule has 0 aromatic heterocycles. The molecule has 1 heterocycles. The summed E-state index contributed by atoms with van der Waals surface area (Å²) in [6, 6.07) is 0.545. The molecule has 1 aliphatic rings. The van der Waals surface area contributed by atoms with E-state index in [1.807, 2.05) is 6.08 Å². The molecule has 1 fully saturated rings. The van der Waals surface area contributed by atoms with Crippen molar-refractivity contribution >= 4 is 0 Å². The number of rotatable bonds is 2. The SMILES string of the molecule is C=CC(C)N1CCN(C)CC1. The quantitative estimate of drug-likeness (QED) is 0.543. The van der Waals surface area contributed by atoms with E-state index in [4.69, 9.17) is 0 Å². The second-order valence-electron chi connectivity index (χ2n) is 3.32. The van der Waals surface area contributed by atoms with Gasteiger partial charge in [0.05, 0.1) is 0 Å². The van der Waals surface area contributed by atoms with Crippen LogP contribution in [0.2, 0.25) is 0 Å². The average Bonchev–Trinajstić information content (AvgIpc) is 2.05. The predicted molar refractivity (Wildman–Crippen MR) is 48.7 cm³/mol. The van der Waals surface area contributed by atoms with E-state index in [0.717, 1.165) is 0 Å². The second-order valence-corrected chi connectivity index (χ2v) is 3.32. The Morgan fingerprint density at radius 2 is 1.82 bits per heavy atom. The number of nitrogens with zero attached hydrogens (tertiary/aromatic N) is 2. The minimum atomic E-state index is 0.545. The van der Waals surface area contributed by atoms with E-state index in [9.17, 15) is 0 Å². The molecule has 0 radical (unpaired) electrons. The third-order valence-corrected chi connectivity index (χ3v) is 2.45. The van der Waals surface area contributed by atoms with E-state index >= 15 is 0 Å². The molecular formula is C9H18N2. The van der Waals surface area contributed by atoms with E-state index in [2.05, 4.69) is 30.4 Å². The molecule has 0 amide bonds. The smallest absolute Gasteiger partial charge is 0.0248 e. The first-order chi connectivity index (χ1) is 5.24. The van der Waals surface area contributed by atoms with Gasteiger partial charge in [-0.2, -0.15) is 0 Å². The minimum absolute atomic E-state index is 0.545. The van der Waals surface area contributed by atoms with Crippen LogP contribution < -0.4 is 0 Å². The highest BCUT2D eigenvalue weighted by molar-refractivity contribution is 4.86. The topological polar surface area (TPSA) is 6.48 Å². The Hall–Kier alpha value is -0.340. The van der Waals surface area contributed by atoms with Crippen LogP contribution in [-0.4, -0.2) is 49.1 Å². The van der Waals surface area contributed by atoms with Crippen LogP contribution in [0, 0.1) is 0 Å². The molecule has 2 heteroatoms. The van der Waals surface area contributed by atoms with Crippen LogP contribution in [0.5, 0.6) is 0 Å². The zero-order chi connectivity index (χ0) is 8.27. The molecule has 1 aliphatic heterocycles. The molecule has 11 heavy (non-hydrogen) atoms. The van der Waals surface area contributed by atoms with Crippen molar-refractivity contribution in [3.05, 3.63) is 12.7 Å². The molecule has 0 bridgehead atoms. The van der Waals surface area contributed by atoms with Crippen molar-refractivity contribution in [2.45, 2.75) is 13.0 Å². The molecule has 2 nitrogen and oxygen atoms in total. The molecule has 1 unspecified atom stereocenters. The van der Waals surface area contributed by atoms with Crippen molar-refractivity contribution < 1.29 is 0 Å². The molecule has 0 spiro atoms. The van der Waals surface area contributed by atoms with Gasteiger partial charge in [-0.15, -0.1) is 6.58 Å². The summed E-state index contributed by atoms with van der Waals surface area (Å²) in [5.41, 5.74) is 0. The maximum absolute atomic E-state index is 3.80. The van der Waals surface area contributed by atoms with E-state index < -0.39 is 0 Å². The third kappa shape index (κ3) is 2.31. The fourth-order valence-electron chi connectivity index (χ4n) is 1.38. The molecular weight excluding hydrogens is 136 g/mol. The molecule has 0 saturated carbocycles. The molecule has 0 aromatic carbocycles.